The van der Waals surface area contributed by atoms with Crippen molar-refractivity contribution in [1.29, 1.82) is 0 Å². The van der Waals surface area contributed by atoms with Crippen LogP contribution in [0, 0.1) is 5.92 Å². The van der Waals surface area contributed by atoms with Crippen molar-refractivity contribution in [3.8, 4) is 0 Å². The zero-order chi connectivity index (χ0) is 18.4. The molecule has 0 radical (unpaired) electrons. The molecule has 1 amide bonds. The molecular weight excluding hydrogens is 322 g/mol. The van der Waals surface area contributed by atoms with E-state index in [1.54, 1.807) is 7.11 Å². The first-order chi connectivity index (χ1) is 11.8. The minimum absolute atomic E-state index is 0.0789. The number of hydrogen-bond acceptors (Lipinski definition) is 5. The summed E-state index contributed by atoms with van der Waals surface area (Å²) in [7, 11) is 1.64. The quantitative estimate of drug-likeness (QED) is 0.626. The standard InChI is InChI=1S/C19H33NO5/c1-19(2,3)25-18(22)20-15-7-8-16(20)13-14(12-15)17(21)6-5-9-24-11-10-23-4/h14-16H,5-13H2,1-4H3. The lowest BCUT2D eigenvalue weighted by atomic mass is 9.86. The third kappa shape index (κ3) is 5.96. The van der Waals surface area contributed by atoms with Crippen LogP contribution in [0.2, 0.25) is 0 Å². The molecule has 0 aliphatic carbocycles. The van der Waals surface area contributed by atoms with Gasteiger partial charge in [0.2, 0.25) is 0 Å². The van der Waals surface area contributed by atoms with Crippen LogP contribution in [-0.2, 0) is 19.0 Å². The molecule has 2 saturated heterocycles. The number of piperidine rings is 1. The molecule has 0 saturated carbocycles. The van der Waals surface area contributed by atoms with Crippen LogP contribution in [0.4, 0.5) is 4.79 Å². The van der Waals surface area contributed by atoms with E-state index in [4.69, 9.17) is 14.2 Å². The average Bonchev–Trinajstić information content (AvgIpc) is 2.79. The van der Waals surface area contributed by atoms with Gasteiger partial charge in [-0.25, -0.2) is 4.79 Å². The molecule has 6 nitrogen and oxygen atoms in total. The van der Waals surface area contributed by atoms with E-state index in [1.165, 1.54) is 0 Å². The summed E-state index contributed by atoms with van der Waals surface area (Å²) in [6, 6.07) is 0.306. The molecule has 144 valence electrons. The lowest BCUT2D eigenvalue weighted by Crippen LogP contribution is -2.49. The minimum atomic E-state index is -0.480. The summed E-state index contributed by atoms with van der Waals surface area (Å²) >= 11 is 0. The summed E-state index contributed by atoms with van der Waals surface area (Å²) in [5, 5.41) is 0. The Morgan fingerprint density at radius 2 is 1.68 bits per heavy atom. The molecule has 2 rings (SSSR count). The Balaban J connectivity index is 1.77. The molecule has 2 bridgehead atoms. The van der Waals surface area contributed by atoms with Crippen molar-refractivity contribution in [3.63, 3.8) is 0 Å². The van der Waals surface area contributed by atoms with Crippen molar-refractivity contribution in [3.05, 3.63) is 0 Å². The Bertz CT molecular complexity index is 445. The zero-order valence-electron chi connectivity index (χ0n) is 16.1. The summed E-state index contributed by atoms with van der Waals surface area (Å²) in [5.41, 5.74) is -0.480. The van der Waals surface area contributed by atoms with E-state index < -0.39 is 5.60 Å². The topological polar surface area (TPSA) is 65.1 Å². The highest BCUT2D eigenvalue weighted by Crippen LogP contribution is 2.40. The van der Waals surface area contributed by atoms with Crippen molar-refractivity contribution in [2.24, 2.45) is 5.92 Å². The molecule has 2 heterocycles. The van der Waals surface area contributed by atoms with E-state index in [1.807, 2.05) is 25.7 Å². The zero-order valence-corrected chi connectivity index (χ0v) is 16.1. The van der Waals surface area contributed by atoms with Crippen LogP contribution in [0.5, 0.6) is 0 Å². The number of fused-ring (bicyclic) bond motifs is 2. The molecule has 2 fully saturated rings. The van der Waals surface area contributed by atoms with E-state index in [0.717, 1.165) is 32.1 Å². The second-order valence-corrected chi connectivity index (χ2v) is 8.12. The van der Waals surface area contributed by atoms with Gasteiger partial charge in [-0.1, -0.05) is 0 Å². The number of nitrogens with zero attached hydrogens (tertiary/aromatic N) is 1. The van der Waals surface area contributed by atoms with Crippen LogP contribution < -0.4 is 0 Å². The van der Waals surface area contributed by atoms with Gasteiger partial charge in [-0.05, 0) is 52.9 Å². The van der Waals surface area contributed by atoms with E-state index >= 15 is 0 Å². The van der Waals surface area contributed by atoms with Crippen LogP contribution in [0.3, 0.4) is 0 Å². The van der Waals surface area contributed by atoms with Crippen molar-refractivity contribution >= 4 is 11.9 Å². The highest BCUT2D eigenvalue weighted by Gasteiger charge is 2.46. The van der Waals surface area contributed by atoms with Gasteiger partial charge in [0, 0.05) is 38.1 Å². The van der Waals surface area contributed by atoms with Gasteiger partial charge in [0.05, 0.1) is 13.2 Å². The van der Waals surface area contributed by atoms with Crippen molar-refractivity contribution in [2.45, 2.75) is 77.0 Å². The Hall–Kier alpha value is -1.14. The minimum Gasteiger partial charge on any atom is -0.444 e. The Morgan fingerprint density at radius 1 is 1.04 bits per heavy atom. The molecule has 0 aromatic heterocycles. The van der Waals surface area contributed by atoms with Crippen molar-refractivity contribution in [1.82, 2.24) is 4.90 Å². The van der Waals surface area contributed by atoms with E-state index in [9.17, 15) is 9.59 Å². The molecular formula is C19H33NO5. The first-order valence-electron chi connectivity index (χ1n) is 9.42. The van der Waals surface area contributed by atoms with Gasteiger partial charge in [0.25, 0.3) is 0 Å². The SMILES string of the molecule is COCCOCCCC(=O)C1CC2CCC(C1)N2C(=O)OC(C)(C)C. The number of amides is 1. The molecule has 0 aromatic rings. The van der Waals surface area contributed by atoms with Gasteiger partial charge < -0.3 is 19.1 Å². The van der Waals surface area contributed by atoms with Crippen molar-refractivity contribution < 1.29 is 23.8 Å². The van der Waals surface area contributed by atoms with Gasteiger partial charge in [-0.2, -0.15) is 0 Å². The van der Waals surface area contributed by atoms with Crippen LogP contribution in [-0.4, -0.2) is 61.4 Å². The summed E-state index contributed by atoms with van der Waals surface area (Å²) in [6.45, 7) is 7.41. The number of hydrogen-bond donors (Lipinski definition) is 0. The van der Waals surface area contributed by atoms with Crippen LogP contribution in [0.1, 0.15) is 59.3 Å². The molecule has 2 aliphatic rings. The lowest BCUT2D eigenvalue weighted by Gasteiger charge is -2.39. The van der Waals surface area contributed by atoms with E-state index in [0.29, 0.717) is 32.0 Å². The van der Waals surface area contributed by atoms with Crippen LogP contribution >= 0.6 is 0 Å². The van der Waals surface area contributed by atoms with Gasteiger partial charge in [0.1, 0.15) is 11.4 Å². The lowest BCUT2D eigenvalue weighted by molar-refractivity contribution is -0.125. The summed E-state index contributed by atoms with van der Waals surface area (Å²) < 4.78 is 15.9. The third-order valence-electron chi connectivity index (χ3n) is 4.94. The van der Waals surface area contributed by atoms with E-state index in [2.05, 4.69) is 0 Å². The molecule has 2 aliphatic heterocycles. The Morgan fingerprint density at radius 3 is 2.24 bits per heavy atom. The number of ketones is 1. The molecule has 0 N–H and O–H groups in total. The maximum Gasteiger partial charge on any atom is 0.410 e. The number of rotatable bonds is 8. The molecule has 2 unspecified atom stereocenters. The number of carbonyl (C=O) groups excluding carboxylic acids is 2. The van der Waals surface area contributed by atoms with Gasteiger partial charge in [0.15, 0.2) is 0 Å². The number of Topliss-reactive ketones (excluding diaryl/α,β-unsaturated/α-hetero) is 1. The highest BCUT2D eigenvalue weighted by molar-refractivity contribution is 5.81. The molecule has 2 atom stereocenters. The Kier molecular flexibility index (Phi) is 7.25. The number of ether oxygens (including phenoxy) is 3. The van der Waals surface area contributed by atoms with Crippen molar-refractivity contribution in [2.75, 3.05) is 26.9 Å². The number of carbonyl (C=O) groups is 2. The van der Waals surface area contributed by atoms with Crippen LogP contribution in [0.15, 0.2) is 0 Å². The van der Waals surface area contributed by atoms with Gasteiger partial charge in [-0.15, -0.1) is 0 Å². The fraction of sp³-hybridized carbons (Fsp3) is 0.895. The average molecular weight is 355 g/mol. The fourth-order valence-electron chi connectivity index (χ4n) is 3.85. The van der Waals surface area contributed by atoms with Gasteiger partial charge in [-0.3, -0.25) is 4.79 Å². The maximum atomic E-state index is 12.5. The molecule has 0 aromatic carbocycles. The molecule has 6 heteroatoms. The summed E-state index contributed by atoms with van der Waals surface area (Å²) in [6.07, 6.45) is 4.60. The highest BCUT2D eigenvalue weighted by atomic mass is 16.6. The number of methoxy groups -OCH3 is 1. The smallest absolute Gasteiger partial charge is 0.410 e. The maximum absolute atomic E-state index is 12.5. The van der Waals surface area contributed by atoms with E-state index in [-0.39, 0.29) is 24.1 Å². The predicted molar refractivity (Wildman–Crippen MR) is 94.5 cm³/mol. The Labute approximate surface area is 151 Å². The first kappa shape index (κ1) is 20.2. The molecule has 25 heavy (non-hydrogen) atoms. The largest absolute Gasteiger partial charge is 0.444 e. The predicted octanol–water partition coefficient (Wildman–Crippen LogP) is 3.18. The van der Waals surface area contributed by atoms with Gasteiger partial charge >= 0.3 is 6.09 Å². The summed E-state index contributed by atoms with van der Waals surface area (Å²) in [4.78, 5) is 26.8. The normalized spacial score (nSPS) is 25.9. The fourth-order valence-corrected chi connectivity index (χ4v) is 3.85. The monoisotopic (exact) mass is 355 g/mol. The molecule has 0 spiro atoms. The first-order valence-corrected chi connectivity index (χ1v) is 9.42. The summed E-state index contributed by atoms with van der Waals surface area (Å²) in [5.74, 6) is 0.395. The third-order valence-corrected chi connectivity index (χ3v) is 4.94. The second kappa shape index (κ2) is 8.99. The second-order valence-electron chi connectivity index (χ2n) is 8.12. The van der Waals surface area contributed by atoms with Crippen LogP contribution in [0.25, 0.3) is 0 Å².